The highest BCUT2D eigenvalue weighted by Gasteiger charge is 2.06. The summed E-state index contributed by atoms with van der Waals surface area (Å²) in [4.78, 5) is 23.8. The number of imidazole rings is 1. The molecule has 2 aromatic heterocycles. The molecule has 0 fully saturated rings. The standard InChI is InChI=1S/C5H2Br2N4O/c6-2-1-3(10-4(7)8-1)11-5(12)9-2/h(H2,8,9,10,11,12). The maximum absolute atomic E-state index is 10.8. The van der Waals surface area contributed by atoms with Crippen LogP contribution in [0.4, 0.5) is 0 Å². The molecule has 0 amide bonds. The Morgan fingerprint density at radius 3 is 2.67 bits per heavy atom. The normalized spacial score (nSPS) is 10.8. The molecule has 0 aliphatic carbocycles. The molecule has 62 valence electrons. The number of hydrogen-bond acceptors (Lipinski definition) is 3. The molecule has 0 unspecified atom stereocenters. The van der Waals surface area contributed by atoms with E-state index in [0.717, 1.165) is 0 Å². The molecular weight excluding hydrogens is 292 g/mol. The summed E-state index contributed by atoms with van der Waals surface area (Å²) >= 11 is 6.31. The highest BCUT2D eigenvalue weighted by atomic mass is 79.9. The van der Waals surface area contributed by atoms with Crippen molar-refractivity contribution in [1.29, 1.82) is 0 Å². The van der Waals surface area contributed by atoms with Gasteiger partial charge in [-0.05, 0) is 31.9 Å². The lowest BCUT2D eigenvalue weighted by atomic mass is 10.6. The van der Waals surface area contributed by atoms with Crippen molar-refractivity contribution in [2.45, 2.75) is 0 Å². The molecule has 7 heteroatoms. The van der Waals surface area contributed by atoms with Crippen LogP contribution in [0.2, 0.25) is 0 Å². The molecule has 0 saturated carbocycles. The van der Waals surface area contributed by atoms with Crippen LogP contribution in [-0.2, 0) is 0 Å². The highest BCUT2D eigenvalue weighted by Crippen LogP contribution is 2.17. The van der Waals surface area contributed by atoms with E-state index < -0.39 is 5.69 Å². The number of hydrogen-bond donors (Lipinski definition) is 2. The third-order valence-corrected chi connectivity index (χ3v) is 2.27. The topological polar surface area (TPSA) is 74.4 Å². The fourth-order valence-electron chi connectivity index (χ4n) is 0.850. The van der Waals surface area contributed by atoms with Crippen LogP contribution in [0, 0.1) is 0 Å². The fourth-order valence-corrected chi connectivity index (χ4v) is 1.66. The van der Waals surface area contributed by atoms with Crippen LogP contribution in [0.1, 0.15) is 0 Å². The average Bonchev–Trinajstić information content (AvgIpc) is 2.29. The van der Waals surface area contributed by atoms with Crippen molar-refractivity contribution in [2.24, 2.45) is 0 Å². The van der Waals surface area contributed by atoms with Gasteiger partial charge >= 0.3 is 5.69 Å². The highest BCUT2D eigenvalue weighted by molar-refractivity contribution is 9.10. The SMILES string of the molecule is O=c1nc2nc(Br)[nH]c2c(Br)[nH]1. The Hall–Kier alpha value is -0.690. The molecule has 0 aliphatic heterocycles. The Balaban J connectivity index is 2.97. The quantitative estimate of drug-likeness (QED) is 0.566. The number of rotatable bonds is 0. The largest absolute Gasteiger partial charge is 0.347 e. The van der Waals surface area contributed by atoms with Gasteiger partial charge in [0.25, 0.3) is 0 Å². The molecule has 2 N–H and O–H groups in total. The van der Waals surface area contributed by atoms with E-state index in [2.05, 4.69) is 51.8 Å². The van der Waals surface area contributed by atoms with E-state index in [1.165, 1.54) is 0 Å². The van der Waals surface area contributed by atoms with E-state index in [1.54, 1.807) is 0 Å². The summed E-state index contributed by atoms with van der Waals surface area (Å²) in [6, 6.07) is 0. The van der Waals surface area contributed by atoms with Gasteiger partial charge in [0.15, 0.2) is 10.4 Å². The van der Waals surface area contributed by atoms with E-state index in [4.69, 9.17) is 0 Å². The molecule has 5 nitrogen and oxygen atoms in total. The number of aromatic amines is 2. The first-order valence-corrected chi connectivity index (χ1v) is 4.56. The number of nitrogens with zero attached hydrogens (tertiary/aromatic N) is 2. The Morgan fingerprint density at radius 1 is 1.17 bits per heavy atom. The Morgan fingerprint density at radius 2 is 1.92 bits per heavy atom. The Labute approximate surface area is 82.9 Å². The summed E-state index contributed by atoms with van der Waals surface area (Å²) in [7, 11) is 0. The molecular formula is C5H2Br2N4O. The molecule has 0 aromatic carbocycles. The number of H-pyrrole nitrogens is 2. The lowest BCUT2D eigenvalue weighted by Crippen LogP contribution is -2.09. The Bertz CT molecular complexity index is 488. The van der Waals surface area contributed by atoms with Crippen LogP contribution in [0.25, 0.3) is 11.2 Å². The molecule has 0 aliphatic rings. The second-order valence-electron chi connectivity index (χ2n) is 2.08. The van der Waals surface area contributed by atoms with Crippen LogP contribution in [0.15, 0.2) is 14.1 Å². The van der Waals surface area contributed by atoms with Crippen molar-refractivity contribution < 1.29 is 0 Å². The minimum Gasteiger partial charge on any atom is -0.329 e. The lowest BCUT2D eigenvalue weighted by Gasteiger charge is -1.88. The summed E-state index contributed by atoms with van der Waals surface area (Å²) in [5.74, 6) is 0. The first-order valence-electron chi connectivity index (χ1n) is 2.98. The molecule has 0 saturated heterocycles. The molecule has 0 bridgehead atoms. The van der Waals surface area contributed by atoms with Gasteiger partial charge in [0, 0.05) is 0 Å². The zero-order valence-electron chi connectivity index (χ0n) is 5.56. The van der Waals surface area contributed by atoms with Crippen molar-refractivity contribution in [2.75, 3.05) is 0 Å². The molecule has 2 heterocycles. The summed E-state index contributed by atoms with van der Waals surface area (Å²) in [5.41, 5.74) is 0.632. The molecule has 0 spiro atoms. The van der Waals surface area contributed by atoms with Crippen molar-refractivity contribution in [3.05, 3.63) is 19.8 Å². The summed E-state index contributed by atoms with van der Waals surface area (Å²) in [6.45, 7) is 0. The van der Waals surface area contributed by atoms with Crippen LogP contribution in [0.3, 0.4) is 0 Å². The van der Waals surface area contributed by atoms with Gasteiger partial charge in [0.1, 0.15) is 10.1 Å². The van der Waals surface area contributed by atoms with E-state index >= 15 is 0 Å². The van der Waals surface area contributed by atoms with Crippen molar-refractivity contribution >= 4 is 43.0 Å². The molecule has 0 atom stereocenters. The number of halogens is 2. The molecule has 2 aromatic rings. The first kappa shape index (κ1) is 7.93. The number of fused-ring (bicyclic) bond motifs is 1. The maximum atomic E-state index is 10.8. The number of aromatic nitrogens is 4. The lowest BCUT2D eigenvalue weighted by molar-refractivity contribution is 1.08. The third kappa shape index (κ3) is 1.18. The average molecular weight is 294 g/mol. The zero-order chi connectivity index (χ0) is 8.72. The zero-order valence-corrected chi connectivity index (χ0v) is 8.73. The fraction of sp³-hybridized carbons (Fsp3) is 0. The minimum absolute atomic E-state index is 0.387. The van der Waals surface area contributed by atoms with Gasteiger partial charge in [-0.25, -0.2) is 9.78 Å². The molecule has 2 rings (SSSR count). The minimum atomic E-state index is -0.423. The van der Waals surface area contributed by atoms with E-state index in [9.17, 15) is 4.79 Å². The Kier molecular flexibility index (Phi) is 1.76. The van der Waals surface area contributed by atoms with Gasteiger partial charge in [-0.2, -0.15) is 4.98 Å². The second kappa shape index (κ2) is 2.67. The smallest absolute Gasteiger partial charge is 0.329 e. The van der Waals surface area contributed by atoms with Crippen LogP contribution < -0.4 is 5.69 Å². The summed E-state index contributed by atoms with van der Waals surface area (Å²) in [5, 5.41) is 0. The van der Waals surface area contributed by atoms with Gasteiger partial charge in [0.2, 0.25) is 0 Å². The van der Waals surface area contributed by atoms with Crippen LogP contribution >= 0.6 is 31.9 Å². The summed E-state index contributed by atoms with van der Waals surface area (Å²) < 4.78 is 1.10. The van der Waals surface area contributed by atoms with Crippen molar-refractivity contribution in [1.82, 2.24) is 19.9 Å². The van der Waals surface area contributed by atoms with Crippen molar-refractivity contribution in [3.8, 4) is 0 Å². The first-order chi connectivity index (χ1) is 5.66. The van der Waals surface area contributed by atoms with E-state index in [-0.39, 0.29) is 0 Å². The van der Waals surface area contributed by atoms with Gasteiger partial charge in [-0.3, -0.25) is 4.98 Å². The maximum Gasteiger partial charge on any atom is 0.347 e. The monoisotopic (exact) mass is 292 g/mol. The molecule has 12 heavy (non-hydrogen) atoms. The number of nitrogens with one attached hydrogen (secondary N) is 2. The van der Waals surface area contributed by atoms with E-state index in [1.807, 2.05) is 0 Å². The molecule has 0 radical (unpaired) electrons. The van der Waals surface area contributed by atoms with Gasteiger partial charge in [0.05, 0.1) is 0 Å². The van der Waals surface area contributed by atoms with Gasteiger partial charge < -0.3 is 4.98 Å². The second-order valence-corrected chi connectivity index (χ2v) is 3.63. The van der Waals surface area contributed by atoms with Crippen molar-refractivity contribution in [3.63, 3.8) is 0 Å². The van der Waals surface area contributed by atoms with Crippen LogP contribution in [-0.4, -0.2) is 19.9 Å². The van der Waals surface area contributed by atoms with Gasteiger partial charge in [-0.1, -0.05) is 0 Å². The van der Waals surface area contributed by atoms with Gasteiger partial charge in [-0.15, -0.1) is 0 Å². The predicted octanol–water partition coefficient (Wildman–Crippen LogP) is 1.17. The van der Waals surface area contributed by atoms with E-state index in [0.29, 0.717) is 20.5 Å². The third-order valence-electron chi connectivity index (χ3n) is 1.30. The predicted molar refractivity (Wildman–Crippen MR) is 49.9 cm³/mol. The van der Waals surface area contributed by atoms with Crippen LogP contribution in [0.5, 0.6) is 0 Å². The summed E-state index contributed by atoms with van der Waals surface area (Å²) in [6.07, 6.45) is 0.